The van der Waals surface area contributed by atoms with Gasteiger partial charge in [-0.05, 0) is 37.3 Å². The molecule has 8 nitrogen and oxygen atoms in total. The molecule has 0 spiro atoms. The molecule has 0 aliphatic carbocycles. The molecule has 2 aromatic carbocycles. The second-order valence-corrected chi connectivity index (χ2v) is 6.71. The third kappa shape index (κ3) is 3.56. The van der Waals surface area contributed by atoms with Gasteiger partial charge in [0.05, 0.1) is 13.5 Å². The maximum atomic E-state index is 12.6. The molecule has 3 aromatic rings. The molecule has 29 heavy (non-hydrogen) atoms. The molecular weight excluding hydrogens is 376 g/mol. The van der Waals surface area contributed by atoms with Crippen LogP contribution in [0, 0.1) is 0 Å². The van der Waals surface area contributed by atoms with E-state index in [4.69, 9.17) is 24.4 Å². The van der Waals surface area contributed by atoms with E-state index >= 15 is 0 Å². The molecule has 1 aliphatic rings. The van der Waals surface area contributed by atoms with Gasteiger partial charge < -0.3 is 29.7 Å². The Labute approximate surface area is 166 Å². The minimum absolute atomic E-state index is 0.00558. The summed E-state index contributed by atoms with van der Waals surface area (Å²) >= 11 is 0. The Morgan fingerprint density at radius 1 is 1.17 bits per heavy atom. The average molecular weight is 396 g/mol. The van der Waals surface area contributed by atoms with E-state index in [1.807, 2.05) is 24.3 Å². The number of furan rings is 1. The molecule has 0 radical (unpaired) electrons. The second-order valence-electron chi connectivity index (χ2n) is 6.71. The average Bonchev–Trinajstić information content (AvgIpc) is 3.30. The number of benzene rings is 2. The van der Waals surface area contributed by atoms with Gasteiger partial charge in [0.2, 0.25) is 18.6 Å². The zero-order valence-electron chi connectivity index (χ0n) is 16.0. The summed E-state index contributed by atoms with van der Waals surface area (Å²) in [4.78, 5) is 23.8. The number of nitrogens with two attached hydrogens (primary N) is 1. The molecule has 1 atom stereocenters. The Hall–Kier alpha value is -3.68. The molecule has 0 saturated carbocycles. The molecule has 0 unspecified atom stereocenters. The van der Waals surface area contributed by atoms with Crippen molar-refractivity contribution in [2.45, 2.75) is 19.4 Å². The van der Waals surface area contributed by atoms with Crippen LogP contribution in [0.1, 0.15) is 12.5 Å². The van der Waals surface area contributed by atoms with Crippen molar-refractivity contribution < 1.29 is 28.2 Å². The molecule has 2 amide bonds. The molecule has 0 saturated heterocycles. The van der Waals surface area contributed by atoms with Crippen molar-refractivity contribution in [3.05, 3.63) is 42.0 Å². The number of amides is 2. The lowest BCUT2D eigenvalue weighted by molar-refractivity contribution is -0.126. The fraction of sp³-hybridized carbons (Fsp3) is 0.238. The van der Waals surface area contributed by atoms with E-state index in [0.717, 1.165) is 10.9 Å². The van der Waals surface area contributed by atoms with Gasteiger partial charge >= 0.3 is 0 Å². The lowest BCUT2D eigenvalue weighted by atomic mass is 10.0. The fourth-order valence-electron chi connectivity index (χ4n) is 3.21. The van der Waals surface area contributed by atoms with Crippen LogP contribution < -0.4 is 25.3 Å². The summed E-state index contributed by atoms with van der Waals surface area (Å²) in [6.07, 6.45) is 0.00558. The van der Waals surface area contributed by atoms with Crippen LogP contribution in [0.25, 0.3) is 22.3 Å². The van der Waals surface area contributed by atoms with Crippen LogP contribution in [0.4, 0.5) is 0 Å². The molecule has 1 aromatic heterocycles. The number of carbonyl (C=O) groups is 2. The van der Waals surface area contributed by atoms with Gasteiger partial charge in [-0.15, -0.1) is 0 Å². The minimum atomic E-state index is -0.772. The largest absolute Gasteiger partial charge is 0.497 e. The molecule has 0 bridgehead atoms. The van der Waals surface area contributed by atoms with Crippen LogP contribution in [0.15, 0.2) is 40.8 Å². The summed E-state index contributed by atoms with van der Waals surface area (Å²) in [7, 11) is 1.59. The molecule has 8 heteroatoms. The van der Waals surface area contributed by atoms with Crippen LogP contribution in [0.5, 0.6) is 17.2 Å². The fourth-order valence-corrected chi connectivity index (χ4v) is 3.21. The maximum Gasteiger partial charge on any atom is 0.239 e. The topological polar surface area (TPSA) is 113 Å². The lowest BCUT2D eigenvalue weighted by Gasteiger charge is -2.10. The highest BCUT2D eigenvalue weighted by Crippen LogP contribution is 2.42. The smallest absolute Gasteiger partial charge is 0.239 e. The van der Waals surface area contributed by atoms with Gasteiger partial charge in [0, 0.05) is 22.6 Å². The van der Waals surface area contributed by atoms with E-state index in [2.05, 4.69) is 5.32 Å². The van der Waals surface area contributed by atoms with Crippen molar-refractivity contribution in [3.8, 4) is 28.6 Å². The number of hydrogen-bond acceptors (Lipinski definition) is 6. The first-order chi connectivity index (χ1) is 14.0. The number of nitrogens with one attached hydrogen (secondary N) is 1. The van der Waals surface area contributed by atoms with Gasteiger partial charge in [-0.1, -0.05) is 0 Å². The van der Waals surface area contributed by atoms with Crippen molar-refractivity contribution in [2.75, 3.05) is 13.9 Å². The molecule has 0 fully saturated rings. The second kappa shape index (κ2) is 7.38. The first-order valence-electron chi connectivity index (χ1n) is 9.04. The standard InChI is InChI=1S/C21H20N2O6/c1-11(21(22)25)23-19(24)8-15-14-7-17-18(28-10-27-17)9-16(14)29-20(15)12-3-5-13(26-2)6-4-12/h3-7,9,11H,8,10H2,1-2H3,(H2,22,25)(H,23,24)/t11-/m0/s1. The molecule has 150 valence electrons. The summed E-state index contributed by atoms with van der Waals surface area (Å²) < 4.78 is 22.2. The van der Waals surface area contributed by atoms with E-state index in [0.29, 0.717) is 34.2 Å². The van der Waals surface area contributed by atoms with E-state index < -0.39 is 11.9 Å². The van der Waals surface area contributed by atoms with Crippen molar-refractivity contribution in [2.24, 2.45) is 5.73 Å². The maximum absolute atomic E-state index is 12.6. The normalized spacial score (nSPS) is 13.3. The zero-order valence-corrected chi connectivity index (χ0v) is 16.0. The SMILES string of the molecule is COc1ccc(-c2oc3cc4c(cc3c2CC(=O)N[C@@H](C)C(N)=O)OCO4)cc1. The third-order valence-electron chi connectivity index (χ3n) is 4.78. The highest BCUT2D eigenvalue weighted by Gasteiger charge is 2.24. The van der Waals surface area contributed by atoms with E-state index in [9.17, 15) is 9.59 Å². The van der Waals surface area contributed by atoms with Gasteiger partial charge in [0.25, 0.3) is 0 Å². The van der Waals surface area contributed by atoms with Gasteiger partial charge in [-0.2, -0.15) is 0 Å². The van der Waals surface area contributed by atoms with E-state index in [1.54, 1.807) is 19.2 Å². The van der Waals surface area contributed by atoms with Gasteiger partial charge in [0.1, 0.15) is 23.1 Å². The lowest BCUT2D eigenvalue weighted by Crippen LogP contribution is -2.42. The van der Waals surface area contributed by atoms with Gasteiger partial charge in [-0.25, -0.2) is 0 Å². The summed E-state index contributed by atoms with van der Waals surface area (Å²) in [5.41, 5.74) is 7.28. The number of methoxy groups -OCH3 is 1. The summed E-state index contributed by atoms with van der Waals surface area (Å²) in [5.74, 6) is 1.49. The third-order valence-corrected chi connectivity index (χ3v) is 4.78. The predicted molar refractivity (Wildman–Crippen MR) is 105 cm³/mol. The predicted octanol–water partition coefficient (Wildman–Crippen LogP) is 2.37. The first-order valence-corrected chi connectivity index (χ1v) is 9.04. The number of fused-ring (bicyclic) bond motifs is 2. The molecule has 3 N–H and O–H groups in total. The Morgan fingerprint density at radius 2 is 1.86 bits per heavy atom. The molecular formula is C21H20N2O6. The number of carbonyl (C=O) groups excluding carboxylic acids is 2. The summed E-state index contributed by atoms with van der Waals surface area (Å²) in [5, 5.41) is 3.34. The first kappa shape index (κ1) is 18.7. The van der Waals surface area contributed by atoms with Crippen LogP contribution in [-0.2, 0) is 16.0 Å². The Kier molecular flexibility index (Phi) is 4.75. The van der Waals surface area contributed by atoms with Crippen molar-refractivity contribution in [1.29, 1.82) is 0 Å². The van der Waals surface area contributed by atoms with Crippen molar-refractivity contribution >= 4 is 22.8 Å². The van der Waals surface area contributed by atoms with Crippen LogP contribution >= 0.6 is 0 Å². The summed E-state index contributed by atoms with van der Waals surface area (Å²) in [6.45, 7) is 1.68. The van der Waals surface area contributed by atoms with E-state index in [-0.39, 0.29) is 19.1 Å². The highest BCUT2D eigenvalue weighted by molar-refractivity contribution is 5.96. The quantitative estimate of drug-likeness (QED) is 0.661. The Bertz CT molecular complexity index is 1090. The molecule has 1 aliphatic heterocycles. The van der Waals surface area contributed by atoms with Crippen LogP contribution in [0.2, 0.25) is 0 Å². The zero-order chi connectivity index (χ0) is 20.5. The van der Waals surface area contributed by atoms with Crippen LogP contribution in [-0.4, -0.2) is 31.8 Å². The van der Waals surface area contributed by atoms with Gasteiger partial charge in [-0.3, -0.25) is 9.59 Å². The summed E-state index contributed by atoms with van der Waals surface area (Å²) in [6, 6.07) is 10.1. The van der Waals surface area contributed by atoms with E-state index in [1.165, 1.54) is 6.92 Å². The van der Waals surface area contributed by atoms with Gasteiger partial charge in [0.15, 0.2) is 11.5 Å². The van der Waals surface area contributed by atoms with Crippen LogP contribution in [0.3, 0.4) is 0 Å². The number of ether oxygens (including phenoxy) is 3. The Balaban J connectivity index is 1.77. The molecule has 4 rings (SSSR count). The Morgan fingerprint density at radius 3 is 2.52 bits per heavy atom. The highest BCUT2D eigenvalue weighted by atomic mass is 16.7. The number of rotatable bonds is 6. The van der Waals surface area contributed by atoms with Crippen molar-refractivity contribution in [3.63, 3.8) is 0 Å². The molecule has 2 heterocycles. The number of hydrogen-bond donors (Lipinski definition) is 2. The van der Waals surface area contributed by atoms with Crippen molar-refractivity contribution in [1.82, 2.24) is 5.32 Å². The number of primary amides is 1. The minimum Gasteiger partial charge on any atom is -0.497 e. The monoisotopic (exact) mass is 396 g/mol.